The van der Waals surface area contributed by atoms with Crippen LogP contribution in [0.5, 0.6) is 0 Å². The first kappa shape index (κ1) is 29.0. The van der Waals surface area contributed by atoms with Gasteiger partial charge in [0.15, 0.2) is 0 Å². The minimum absolute atomic E-state index is 0.0273. The molecule has 2 aromatic rings. The van der Waals surface area contributed by atoms with Crippen LogP contribution in [0.25, 0.3) is 11.1 Å². The lowest BCUT2D eigenvalue weighted by Crippen LogP contribution is -2.55. The standard InChI is InChI=1S/C31H43ClN2O4/c1-4-22-9-7-10-23(19-22)29-26(11-8-12-27(29)32)31(36,15-5-6-17-37-3)28-21-34(16-18-38-28)30(35)24-13-14-25(20-24)33-2/h7-12,19,24-25,28,33,36H,4-6,13-18,20-21H2,1-3H3/t24-,25+,28-,31-/m1/s1. The highest BCUT2D eigenvalue weighted by Crippen LogP contribution is 2.43. The fourth-order valence-electron chi connectivity index (χ4n) is 6.10. The van der Waals surface area contributed by atoms with E-state index in [1.165, 1.54) is 5.56 Å². The van der Waals surface area contributed by atoms with E-state index in [-0.39, 0.29) is 11.8 Å². The van der Waals surface area contributed by atoms with Crippen molar-refractivity contribution in [2.45, 2.75) is 69.6 Å². The number of ether oxygens (including phenoxy) is 2. The Morgan fingerprint density at radius 3 is 2.79 bits per heavy atom. The molecule has 1 saturated carbocycles. The number of aliphatic hydroxyl groups is 1. The first-order valence-corrected chi connectivity index (χ1v) is 14.5. The maximum atomic E-state index is 13.5. The van der Waals surface area contributed by atoms with Gasteiger partial charge >= 0.3 is 0 Å². The van der Waals surface area contributed by atoms with Crippen molar-refractivity contribution in [1.29, 1.82) is 0 Å². The van der Waals surface area contributed by atoms with E-state index in [1.54, 1.807) is 7.11 Å². The second-order valence-corrected chi connectivity index (χ2v) is 11.1. The molecule has 1 heterocycles. The number of hydrogen-bond acceptors (Lipinski definition) is 5. The van der Waals surface area contributed by atoms with Crippen molar-refractivity contribution in [1.82, 2.24) is 10.2 Å². The Kier molecular flexibility index (Phi) is 10.2. The Labute approximate surface area is 232 Å². The Hall–Kier alpha value is -1.96. The molecule has 1 aliphatic carbocycles. The first-order chi connectivity index (χ1) is 18.4. The molecule has 0 unspecified atom stereocenters. The number of rotatable bonds is 11. The molecule has 0 radical (unpaired) electrons. The maximum absolute atomic E-state index is 13.5. The summed E-state index contributed by atoms with van der Waals surface area (Å²) in [6, 6.07) is 14.5. The van der Waals surface area contributed by atoms with Crippen LogP contribution in [0.1, 0.15) is 56.6 Å². The molecule has 7 heteroatoms. The van der Waals surface area contributed by atoms with E-state index in [1.807, 2.05) is 42.3 Å². The molecule has 4 atom stereocenters. The second kappa shape index (κ2) is 13.4. The fourth-order valence-corrected chi connectivity index (χ4v) is 6.38. The lowest BCUT2D eigenvalue weighted by Gasteiger charge is -2.44. The molecule has 0 bridgehead atoms. The summed E-state index contributed by atoms with van der Waals surface area (Å²) in [7, 11) is 3.65. The largest absolute Gasteiger partial charge is 0.385 e. The third-order valence-corrected chi connectivity index (χ3v) is 8.68. The molecule has 2 fully saturated rings. The Bertz CT molecular complexity index is 1080. The molecule has 0 aromatic heterocycles. The van der Waals surface area contributed by atoms with Crippen molar-refractivity contribution in [3.05, 3.63) is 58.6 Å². The number of hydrogen-bond donors (Lipinski definition) is 2. The second-order valence-electron chi connectivity index (χ2n) is 10.7. The Balaban J connectivity index is 1.68. The average molecular weight is 543 g/mol. The van der Waals surface area contributed by atoms with Crippen LogP contribution in [0.3, 0.4) is 0 Å². The van der Waals surface area contributed by atoms with Crippen molar-refractivity contribution in [3.8, 4) is 11.1 Å². The summed E-state index contributed by atoms with van der Waals surface area (Å²) in [6.45, 7) is 4.07. The number of benzene rings is 2. The quantitative estimate of drug-likeness (QED) is 0.382. The lowest BCUT2D eigenvalue weighted by molar-refractivity contribution is -0.167. The van der Waals surface area contributed by atoms with E-state index in [0.29, 0.717) is 43.8 Å². The molecular formula is C31H43ClN2O4. The molecule has 1 amide bonds. The number of unbranched alkanes of at least 4 members (excludes halogenated alkanes) is 1. The number of methoxy groups -OCH3 is 1. The number of carbonyl (C=O) groups excluding carboxylic acids is 1. The maximum Gasteiger partial charge on any atom is 0.225 e. The van der Waals surface area contributed by atoms with Crippen LogP contribution < -0.4 is 5.32 Å². The summed E-state index contributed by atoms with van der Waals surface area (Å²) in [5.74, 6) is 0.208. The topological polar surface area (TPSA) is 71.0 Å². The minimum Gasteiger partial charge on any atom is -0.385 e. The Morgan fingerprint density at radius 1 is 1.24 bits per heavy atom. The van der Waals surface area contributed by atoms with E-state index in [9.17, 15) is 9.90 Å². The van der Waals surface area contributed by atoms with Crippen LogP contribution in [-0.2, 0) is 26.3 Å². The summed E-state index contributed by atoms with van der Waals surface area (Å²) < 4.78 is 11.6. The summed E-state index contributed by atoms with van der Waals surface area (Å²) in [4.78, 5) is 15.4. The SMILES string of the molecule is CCc1cccc(-c2c(Cl)cccc2[C@](O)(CCCCOC)[C@H]2CN(C(=O)[C@@H]3CC[C@H](NC)C3)CCO2)c1. The predicted molar refractivity (Wildman–Crippen MR) is 152 cm³/mol. The van der Waals surface area contributed by atoms with E-state index >= 15 is 0 Å². The van der Waals surface area contributed by atoms with Gasteiger partial charge < -0.3 is 24.8 Å². The highest BCUT2D eigenvalue weighted by molar-refractivity contribution is 6.33. The van der Waals surface area contributed by atoms with E-state index in [2.05, 4.69) is 24.4 Å². The predicted octanol–water partition coefficient (Wildman–Crippen LogP) is 5.19. The van der Waals surface area contributed by atoms with Gasteiger partial charge in [0.1, 0.15) is 11.7 Å². The smallest absolute Gasteiger partial charge is 0.225 e. The van der Waals surface area contributed by atoms with Gasteiger partial charge in [-0.05, 0) is 74.8 Å². The van der Waals surface area contributed by atoms with Crippen LogP contribution in [0, 0.1) is 5.92 Å². The number of nitrogens with zero attached hydrogens (tertiary/aromatic N) is 1. The van der Waals surface area contributed by atoms with Crippen LogP contribution >= 0.6 is 11.6 Å². The van der Waals surface area contributed by atoms with Gasteiger partial charge in [0.25, 0.3) is 0 Å². The van der Waals surface area contributed by atoms with Gasteiger partial charge in [-0.15, -0.1) is 0 Å². The third kappa shape index (κ3) is 6.43. The number of morpholine rings is 1. The average Bonchev–Trinajstić information content (AvgIpc) is 3.44. The summed E-state index contributed by atoms with van der Waals surface area (Å²) in [5, 5.41) is 16.5. The number of carbonyl (C=O) groups is 1. The zero-order valence-corrected chi connectivity index (χ0v) is 23.8. The van der Waals surface area contributed by atoms with Gasteiger partial charge in [0.05, 0.1) is 13.2 Å². The first-order valence-electron chi connectivity index (χ1n) is 14.1. The van der Waals surface area contributed by atoms with Crippen LogP contribution in [-0.4, -0.2) is 68.5 Å². The molecule has 6 nitrogen and oxygen atoms in total. The van der Waals surface area contributed by atoms with Crippen LogP contribution in [0.4, 0.5) is 0 Å². The van der Waals surface area contributed by atoms with E-state index in [0.717, 1.165) is 55.2 Å². The lowest BCUT2D eigenvalue weighted by atomic mass is 9.78. The normalized spacial score (nSPS) is 23.4. The van der Waals surface area contributed by atoms with Gasteiger partial charge in [-0.2, -0.15) is 0 Å². The van der Waals surface area contributed by atoms with Gasteiger partial charge in [0.2, 0.25) is 5.91 Å². The monoisotopic (exact) mass is 542 g/mol. The van der Waals surface area contributed by atoms with Crippen molar-refractivity contribution in [3.63, 3.8) is 0 Å². The molecule has 4 rings (SSSR count). The zero-order valence-electron chi connectivity index (χ0n) is 23.0. The van der Waals surface area contributed by atoms with Crippen molar-refractivity contribution in [2.75, 3.05) is 40.5 Å². The molecule has 0 spiro atoms. The molecule has 1 saturated heterocycles. The fraction of sp³-hybridized carbons (Fsp3) is 0.581. The molecule has 2 aromatic carbocycles. The van der Waals surface area contributed by atoms with Crippen molar-refractivity contribution < 1.29 is 19.4 Å². The van der Waals surface area contributed by atoms with Crippen molar-refractivity contribution in [2.24, 2.45) is 5.92 Å². The summed E-state index contributed by atoms with van der Waals surface area (Å²) in [6.07, 6.45) is 5.20. The molecular weight excluding hydrogens is 500 g/mol. The number of aryl methyl sites for hydroxylation is 1. The van der Waals surface area contributed by atoms with Gasteiger partial charge in [-0.1, -0.05) is 54.9 Å². The van der Waals surface area contributed by atoms with Gasteiger partial charge in [-0.25, -0.2) is 0 Å². The van der Waals surface area contributed by atoms with Gasteiger partial charge in [-0.3, -0.25) is 4.79 Å². The minimum atomic E-state index is -1.32. The highest BCUT2D eigenvalue weighted by Gasteiger charge is 2.45. The molecule has 2 aliphatic rings. The number of amides is 1. The molecule has 208 valence electrons. The number of nitrogens with one attached hydrogen (secondary N) is 1. The molecule has 2 N–H and O–H groups in total. The van der Waals surface area contributed by atoms with Gasteiger partial charge in [0, 0.05) is 42.8 Å². The molecule has 38 heavy (non-hydrogen) atoms. The third-order valence-electron chi connectivity index (χ3n) is 8.36. The van der Waals surface area contributed by atoms with E-state index in [4.69, 9.17) is 21.1 Å². The number of halogens is 1. The summed E-state index contributed by atoms with van der Waals surface area (Å²) >= 11 is 6.84. The van der Waals surface area contributed by atoms with Crippen molar-refractivity contribution >= 4 is 17.5 Å². The zero-order chi connectivity index (χ0) is 27.1. The van der Waals surface area contributed by atoms with Crippen LogP contribution in [0.2, 0.25) is 5.02 Å². The molecule has 1 aliphatic heterocycles. The van der Waals surface area contributed by atoms with E-state index < -0.39 is 11.7 Å². The Morgan fingerprint density at radius 2 is 2.05 bits per heavy atom. The highest BCUT2D eigenvalue weighted by atomic mass is 35.5. The van der Waals surface area contributed by atoms with Crippen LogP contribution in [0.15, 0.2) is 42.5 Å². The summed E-state index contributed by atoms with van der Waals surface area (Å²) in [5.41, 5.74) is 2.45.